The van der Waals surface area contributed by atoms with E-state index in [1.807, 2.05) is 0 Å². The summed E-state index contributed by atoms with van der Waals surface area (Å²) >= 11 is 0. The van der Waals surface area contributed by atoms with Gasteiger partial charge in [-0.15, -0.1) is 0 Å². The van der Waals surface area contributed by atoms with Crippen molar-refractivity contribution >= 4 is 5.91 Å². The van der Waals surface area contributed by atoms with Crippen molar-refractivity contribution in [2.75, 3.05) is 0 Å². The van der Waals surface area contributed by atoms with Crippen LogP contribution < -0.4 is 5.48 Å². The van der Waals surface area contributed by atoms with E-state index in [0.29, 0.717) is 0 Å². The Hall–Kier alpha value is -0.650. The molecule has 0 bridgehead atoms. The van der Waals surface area contributed by atoms with Crippen LogP contribution in [0.25, 0.3) is 0 Å². The number of hydrogen-bond donors (Lipinski definition) is 4. The minimum absolute atomic E-state index is 0.00255. The number of amides is 1. The molecule has 5 nitrogen and oxygen atoms in total. The molecule has 1 amide bonds. The van der Waals surface area contributed by atoms with Crippen molar-refractivity contribution in [2.45, 2.75) is 32.0 Å². The van der Waals surface area contributed by atoms with Gasteiger partial charge in [-0.1, -0.05) is 0 Å². The molecule has 0 radical (unpaired) electrons. The predicted molar refractivity (Wildman–Crippen MR) is 36.9 cm³/mol. The van der Waals surface area contributed by atoms with E-state index in [4.69, 9.17) is 15.4 Å². The lowest BCUT2D eigenvalue weighted by atomic mass is 10.1. The van der Waals surface area contributed by atoms with Crippen molar-refractivity contribution in [1.82, 2.24) is 5.48 Å². The Morgan fingerprint density at radius 2 is 2.09 bits per heavy atom. The number of rotatable bonds is 4. The zero-order valence-corrected chi connectivity index (χ0v) is 6.32. The Labute approximate surface area is 64.6 Å². The highest BCUT2D eigenvalue weighted by atomic mass is 16.5. The zero-order chi connectivity index (χ0) is 8.85. The predicted octanol–water partition coefficient (Wildman–Crippen LogP) is -0.986. The number of aliphatic hydroxyl groups is 2. The first-order chi connectivity index (χ1) is 5.07. The molecule has 0 aliphatic heterocycles. The maximum absolute atomic E-state index is 10.4. The van der Waals surface area contributed by atoms with Crippen molar-refractivity contribution in [2.24, 2.45) is 0 Å². The number of carbonyl (C=O) groups is 1. The summed E-state index contributed by atoms with van der Waals surface area (Å²) in [7, 11) is 0. The van der Waals surface area contributed by atoms with Gasteiger partial charge in [0.05, 0.1) is 12.2 Å². The number of carbonyl (C=O) groups excluding carboxylic acids is 1. The molecule has 0 aliphatic rings. The van der Waals surface area contributed by atoms with E-state index in [9.17, 15) is 4.79 Å². The number of hydroxylamine groups is 1. The van der Waals surface area contributed by atoms with E-state index in [1.54, 1.807) is 0 Å². The highest BCUT2D eigenvalue weighted by Crippen LogP contribution is 2.01. The van der Waals surface area contributed by atoms with Crippen molar-refractivity contribution in [3.63, 3.8) is 0 Å². The summed E-state index contributed by atoms with van der Waals surface area (Å²) in [4.78, 5) is 10.4. The molecule has 0 aliphatic carbocycles. The standard InChI is InChI=1S/C6H13NO4/c1-4(8)5(9)2-3-6(10)7-11/h4-5,8-9,11H,2-3H2,1H3,(H,7,10)/t4?,5-/m1/s1. The lowest BCUT2D eigenvalue weighted by molar-refractivity contribution is -0.130. The third-order valence-electron chi connectivity index (χ3n) is 1.35. The van der Waals surface area contributed by atoms with Crippen LogP contribution in [0.15, 0.2) is 0 Å². The Bertz CT molecular complexity index is 126. The number of nitrogens with one attached hydrogen (secondary N) is 1. The second-order valence-corrected chi connectivity index (χ2v) is 2.38. The summed E-state index contributed by atoms with van der Waals surface area (Å²) in [6, 6.07) is 0. The Balaban J connectivity index is 3.45. The SMILES string of the molecule is CC(O)[C@H](O)CCC(=O)NO. The maximum atomic E-state index is 10.4. The second kappa shape index (κ2) is 5.06. The molecule has 66 valence electrons. The van der Waals surface area contributed by atoms with Crippen LogP contribution in [0, 0.1) is 0 Å². The molecular formula is C6H13NO4. The Kier molecular flexibility index (Phi) is 4.76. The van der Waals surface area contributed by atoms with Gasteiger partial charge in [0, 0.05) is 6.42 Å². The highest BCUT2D eigenvalue weighted by molar-refractivity contribution is 5.74. The molecule has 0 saturated heterocycles. The first-order valence-electron chi connectivity index (χ1n) is 3.37. The quantitative estimate of drug-likeness (QED) is 0.316. The normalized spacial score (nSPS) is 15.6. The van der Waals surface area contributed by atoms with Gasteiger partial charge < -0.3 is 10.2 Å². The molecule has 0 rings (SSSR count). The monoisotopic (exact) mass is 163 g/mol. The maximum Gasteiger partial charge on any atom is 0.243 e. The molecule has 0 spiro atoms. The summed E-state index contributed by atoms with van der Waals surface area (Å²) in [5.41, 5.74) is 1.43. The third kappa shape index (κ3) is 4.72. The van der Waals surface area contributed by atoms with Gasteiger partial charge in [0.1, 0.15) is 0 Å². The van der Waals surface area contributed by atoms with Crippen LogP contribution in [0.1, 0.15) is 19.8 Å². The molecule has 1 unspecified atom stereocenters. The summed E-state index contributed by atoms with van der Waals surface area (Å²) in [6.07, 6.45) is -1.61. The molecule has 0 aromatic carbocycles. The third-order valence-corrected chi connectivity index (χ3v) is 1.35. The molecule has 11 heavy (non-hydrogen) atoms. The lowest BCUT2D eigenvalue weighted by Crippen LogP contribution is -2.26. The average Bonchev–Trinajstić information content (AvgIpc) is 1.99. The first kappa shape index (κ1) is 10.3. The molecular weight excluding hydrogens is 150 g/mol. The van der Waals surface area contributed by atoms with Gasteiger partial charge in [-0.25, -0.2) is 5.48 Å². The average molecular weight is 163 g/mol. The Morgan fingerprint density at radius 3 is 2.45 bits per heavy atom. The van der Waals surface area contributed by atoms with Crippen molar-refractivity contribution in [3.8, 4) is 0 Å². The van der Waals surface area contributed by atoms with Crippen LogP contribution in [0.3, 0.4) is 0 Å². The van der Waals surface area contributed by atoms with E-state index in [-0.39, 0.29) is 12.8 Å². The summed E-state index contributed by atoms with van der Waals surface area (Å²) in [6.45, 7) is 1.43. The lowest BCUT2D eigenvalue weighted by Gasteiger charge is -2.11. The number of aliphatic hydroxyl groups excluding tert-OH is 2. The van der Waals surface area contributed by atoms with Crippen LogP contribution in [-0.2, 0) is 4.79 Å². The Morgan fingerprint density at radius 1 is 1.55 bits per heavy atom. The summed E-state index contributed by atoms with van der Waals surface area (Å²) < 4.78 is 0. The molecule has 0 aromatic heterocycles. The van der Waals surface area contributed by atoms with Crippen LogP contribution >= 0.6 is 0 Å². The van der Waals surface area contributed by atoms with Gasteiger partial charge in [0.25, 0.3) is 0 Å². The molecule has 0 heterocycles. The minimum atomic E-state index is -0.910. The smallest absolute Gasteiger partial charge is 0.243 e. The van der Waals surface area contributed by atoms with Crippen molar-refractivity contribution in [1.29, 1.82) is 0 Å². The summed E-state index contributed by atoms with van der Waals surface area (Å²) in [5.74, 6) is -0.565. The highest BCUT2D eigenvalue weighted by Gasteiger charge is 2.12. The van der Waals surface area contributed by atoms with Gasteiger partial charge >= 0.3 is 0 Å². The molecule has 0 saturated carbocycles. The molecule has 5 heteroatoms. The van der Waals surface area contributed by atoms with E-state index in [1.165, 1.54) is 12.4 Å². The number of hydrogen-bond acceptors (Lipinski definition) is 4. The van der Waals surface area contributed by atoms with Crippen LogP contribution in [0.5, 0.6) is 0 Å². The molecule has 0 aromatic rings. The van der Waals surface area contributed by atoms with Crippen LogP contribution in [0.2, 0.25) is 0 Å². The van der Waals surface area contributed by atoms with E-state index >= 15 is 0 Å². The van der Waals surface area contributed by atoms with Gasteiger partial charge in [0.15, 0.2) is 0 Å². The van der Waals surface area contributed by atoms with Crippen molar-refractivity contribution in [3.05, 3.63) is 0 Å². The van der Waals surface area contributed by atoms with E-state index in [2.05, 4.69) is 0 Å². The fourth-order valence-electron chi connectivity index (χ4n) is 0.576. The van der Waals surface area contributed by atoms with Crippen molar-refractivity contribution < 1.29 is 20.2 Å². The molecule has 4 N–H and O–H groups in total. The van der Waals surface area contributed by atoms with Gasteiger partial charge in [-0.05, 0) is 13.3 Å². The van der Waals surface area contributed by atoms with Gasteiger partial charge in [-0.2, -0.15) is 0 Å². The van der Waals surface area contributed by atoms with E-state index < -0.39 is 18.1 Å². The van der Waals surface area contributed by atoms with Gasteiger partial charge in [0.2, 0.25) is 5.91 Å². The molecule has 2 atom stereocenters. The minimum Gasteiger partial charge on any atom is -0.391 e. The second-order valence-electron chi connectivity index (χ2n) is 2.38. The van der Waals surface area contributed by atoms with E-state index in [0.717, 1.165) is 0 Å². The van der Waals surface area contributed by atoms with Crippen LogP contribution in [0.4, 0.5) is 0 Å². The van der Waals surface area contributed by atoms with Crippen LogP contribution in [-0.4, -0.2) is 33.5 Å². The summed E-state index contributed by atoms with van der Waals surface area (Å²) in [5, 5.41) is 25.8. The fourth-order valence-corrected chi connectivity index (χ4v) is 0.576. The largest absolute Gasteiger partial charge is 0.391 e. The zero-order valence-electron chi connectivity index (χ0n) is 6.32. The van der Waals surface area contributed by atoms with Gasteiger partial charge in [-0.3, -0.25) is 10.0 Å². The fraction of sp³-hybridized carbons (Fsp3) is 0.833. The first-order valence-corrected chi connectivity index (χ1v) is 3.37. The molecule has 0 fully saturated rings. The topological polar surface area (TPSA) is 89.8 Å².